The number of sulfone groups is 1. The van der Waals surface area contributed by atoms with Gasteiger partial charge >= 0.3 is 0 Å². The summed E-state index contributed by atoms with van der Waals surface area (Å²) in [6.07, 6.45) is 0. The highest BCUT2D eigenvalue weighted by atomic mass is 35.5. The lowest BCUT2D eigenvalue weighted by Gasteiger charge is -2.35. The third-order valence-corrected chi connectivity index (χ3v) is 6.93. The van der Waals surface area contributed by atoms with Crippen molar-refractivity contribution in [3.63, 3.8) is 0 Å². The van der Waals surface area contributed by atoms with Crippen LogP contribution in [-0.2, 0) is 9.84 Å². The number of fused-ring (bicyclic) bond motifs is 1. The molecule has 3 aromatic rings. The van der Waals surface area contributed by atoms with Gasteiger partial charge in [0.05, 0.1) is 16.6 Å². The Bertz CT molecular complexity index is 1000. The van der Waals surface area contributed by atoms with Crippen molar-refractivity contribution in [3.05, 3.63) is 95.0 Å². The summed E-state index contributed by atoms with van der Waals surface area (Å²) in [5.74, 6) is 0. The first-order valence-electron chi connectivity index (χ1n) is 7.97. The first-order chi connectivity index (χ1) is 12.1. The zero-order valence-electron chi connectivity index (χ0n) is 13.3. The van der Waals surface area contributed by atoms with Gasteiger partial charge in [-0.05, 0) is 35.4 Å². The van der Waals surface area contributed by atoms with Crippen LogP contribution in [0.5, 0.6) is 0 Å². The van der Waals surface area contributed by atoms with Crippen LogP contribution in [0.3, 0.4) is 0 Å². The average Bonchev–Trinajstić information content (AvgIpc) is 2.62. The summed E-state index contributed by atoms with van der Waals surface area (Å²) in [4.78, 5) is 0.342. The van der Waals surface area contributed by atoms with Crippen LogP contribution in [0.25, 0.3) is 0 Å². The Balaban J connectivity index is 1.93. The summed E-state index contributed by atoms with van der Waals surface area (Å²) in [5, 5.41) is 3.33. The summed E-state index contributed by atoms with van der Waals surface area (Å²) >= 11 is 6.00. The number of nitrogens with one attached hydrogen (secondary N) is 1. The van der Waals surface area contributed by atoms with E-state index in [4.69, 9.17) is 11.6 Å². The SMILES string of the molecule is O=S1(=O)c2ccccc2NC(c2ccc(Cl)cc2)C1c1ccccc1. The number of benzene rings is 3. The lowest BCUT2D eigenvalue weighted by Crippen LogP contribution is -2.31. The third kappa shape index (κ3) is 2.81. The lowest BCUT2D eigenvalue weighted by atomic mass is 9.97. The molecule has 2 atom stereocenters. The Hall–Kier alpha value is -2.30. The molecule has 25 heavy (non-hydrogen) atoms. The molecule has 3 nitrogen and oxygen atoms in total. The number of para-hydroxylation sites is 1. The molecule has 0 radical (unpaired) electrons. The first-order valence-corrected chi connectivity index (χ1v) is 9.90. The van der Waals surface area contributed by atoms with Crippen LogP contribution in [-0.4, -0.2) is 8.42 Å². The smallest absolute Gasteiger partial charge is 0.189 e. The molecular formula is C20H16ClNO2S. The van der Waals surface area contributed by atoms with Crippen molar-refractivity contribution in [2.24, 2.45) is 0 Å². The van der Waals surface area contributed by atoms with Gasteiger partial charge in [-0.3, -0.25) is 0 Å². The van der Waals surface area contributed by atoms with Crippen molar-refractivity contribution in [2.75, 3.05) is 5.32 Å². The van der Waals surface area contributed by atoms with E-state index < -0.39 is 15.1 Å². The van der Waals surface area contributed by atoms with Gasteiger partial charge in [0.15, 0.2) is 9.84 Å². The van der Waals surface area contributed by atoms with Crippen LogP contribution >= 0.6 is 11.6 Å². The molecule has 126 valence electrons. The van der Waals surface area contributed by atoms with E-state index >= 15 is 0 Å². The van der Waals surface area contributed by atoms with Crippen molar-refractivity contribution in [1.29, 1.82) is 0 Å². The quantitative estimate of drug-likeness (QED) is 0.689. The van der Waals surface area contributed by atoms with Gasteiger partial charge in [0.2, 0.25) is 0 Å². The fraction of sp³-hybridized carbons (Fsp3) is 0.100. The minimum atomic E-state index is -3.54. The van der Waals surface area contributed by atoms with Gasteiger partial charge in [-0.1, -0.05) is 66.2 Å². The molecule has 0 saturated heterocycles. The molecule has 4 rings (SSSR count). The van der Waals surface area contributed by atoms with E-state index in [1.165, 1.54) is 0 Å². The number of halogens is 1. The van der Waals surface area contributed by atoms with Crippen molar-refractivity contribution in [3.8, 4) is 0 Å². The standard InChI is InChI=1S/C20H16ClNO2S/c21-16-12-10-14(11-13-16)19-20(15-6-2-1-3-7-15)25(23,24)18-9-5-4-8-17(18)22-19/h1-13,19-20,22H. The fourth-order valence-corrected chi connectivity index (χ4v) is 5.54. The predicted octanol–water partition coefficient (Wildman–Crippen LogP) is 5.02. The molecule has 2 unspecified atom stereocenters. The van der Waals surface area contributed by atoms with Crippen molar-refractivity contribution in [2.45, 2.75) is 16.2 Å². The van der Waals surface area contributed by atoms with Crippen LogP contribution < -0.4 is 5.32 Å². The molecule has 0 amide bonds. The van der Waals surface area contributed by atoms with Crippen LogP contribution in [0.4, 0.5) is 5.69 Å². The maximum absolute atomic E-state index is 13.4. The summed E-state index contributed by atoms with van der Waals surface area (Å²) in [7, 11) is -3.54. The summed E-state index contributed by atoms with van der Waals surface area (Å²) in [5.41, 5.74) is 2.29. The van der Waals surface area contributed by atoms with E-state index in [0.29, 0.717) is 15.6 Å². The molecule has 5 heteroatoms. The van der Waals surface area contributed by atoms with E-state index in [2.05, 4.69) is 5.32 Å². The summed E-state index contributed by atoms with van der Waals surface area (Å²) in [6.45, 7) is 0. The molecule has 3 aromatic carbocycles. The van der Waals surface area contributed by atoms with Gasteiger partial charge in [-0.25, -0.2) is 8.42 Å². The Kier molecular flexibility index (Phi) is 4.02. The van der Waals surface area contributed by atoms with Gasteiger partial charge in [0.25, 0.3) is 0 Å². The van der Waals surface area contributed by atoms with E-state index in [1.54, 1.807) is 30.3 Å². The predicted molar refractivity (Wildman–Crippen MR) is 101 cm³/mol. The normalized spacial score (nSPS) is 21.2. The van der Waals surface area contributed by atoms with Crippen LogP contribution in [0.2, 0.25) is 5.02 Å². The maximum atomic E-state index is 13.4. The van der Waals surface area contributed by atoms with Crippen LogP contribution in [0.15, 0.2) is 83.8 Å². The molecule has 1 aliphatic heterocycles. The van der Waals surface area contributed by atoms with Crippen molar-refractivity contribution >= 4 is 27.1 Å². The molecule has 1 heterocycles. The van der Waals surface area contributed by atoms with Gasteiger partial charge in [0.1, 0.15) is 5.25 Å². The minimum absolute atomic E-state index is 0.342. The van der Waals surface area contributed by atoms with Crippen LogP contribution in [0, 0.1) is 0 Å². The zero-order valence-corrected chi connectivity index (χ0v) is 14.8. The molecule has 0 aliphatic carbocycles. The summed E-state index contributed by atoms with van der Waals surface area (Å²) in [6, 6.07) is 23.3. The Morgan fingerprint density at radius 1 is 0.760 bits per heavy atom. The van der Waals surface area contributed by atoms with Gasteiger partial charge < -0.3 is 5.32 Å². The number of hydrogen-bond donors (Lipinski definition) is 1. The lowest BCUT2D eigenvalue weighted by molar-refractivity contribution is 0.562. The highest BCUT2D eigenvalue weighted by Crippen LogP contribution is 2.47. The highest BCUT2D eigenvalue weighted by molar-refractivity contribution is 7.92. The van der Waals surface area contributed by atoms with E-state index in [1.807, 2.05) is 48.5 Å². The molecule has 1 aliphatic rings. The second-order valence-electron chi connectivity index (χ2n) is 6.05. The Morgan fingerprint density at radius 2 is 1.40 bits per heavy atom. The topological polar surface area (TPSA) is 46.2 Å². The molecule has 0 spiro atoms. The monoisotopic (exact) mass is 369 g/mol. The number of hydrogen-bond acceptors (Lipinski definition) is 3. The average molecular weight is 370 g/mol. The van der Waals surface area contributed by atoms with E-state index in [-0.39, 0.29) is 6.04 Å². The molecule has 0 fully saturated rings. The van der Waals surface area contributed by atoms with Crippen molar-refractivity contribution in [1.82, 2.24) is 0 Å². The molecule has 0 bridgehead atoms. The molecule has 1 N–H and O–H groups in total. The zero-order chi connectivity index (χ0) is 17.4. The fourth-order valence-electron chi connectivity index (χ4n) is 3.34. The molecular weight excluding hydrogens is 354 g/mol. The Labute approximate surface area is 152 Å². The maximum Gasteiger partial charge on any atom is 0.189 e. The van der Waals surface area contributed by atoms with E-state index in [0.717, 1.165) is 11.1 Å². The number of anilines is 1. The summed E-state index contributed by atoms with van der Waals surface area (Å²) < 4.78 is 26.8. The van der Waals surface area contributed by atoms with Gasteiger partial charge in [-0.15, -0.1) is 0 Å². The van der Waals surface area contributed by atoms with Crippen LogP contribution in [0.1, 0.15) is 22.4 Å². The second-order valence-corrected chi connectivity index (χ2v) is 8.52. The van der Waals surface area contributed by atoms with Crippen molar-refractivity contribution < 1.29 is 8.42 Å². The Morgan fingerprint density at radius 3 is 2.12 bits per heavy atom. The number of rotatable bonds is 2. The highest BCUT2D eigenvalue weighted by Gasteiger charge is 2.42. The second kappa shape index (κ2) is 6.21. The van der Waals surface area contributed by atoms with Gasteiger partial charge in [-0.2, -0.15) is 0 Å². The van der Waals surface area contributed by atoms with E-state index in [9.17, 15) is 8.42 Å². The minimum Gasteiger partial charge on any atom is -0.375 e. The molecule has 0 aromatic heterocycles. The third-order valence-electron chi connectivity index (χ3n) is 4.50. The van der Waals surface area contributed by atoms with Gasteiger partial charge in [0, 0.05) is 5.02 Å². The first kappa shape index (κ1) is 16.2. The molecule has 0 saturated carbocycles. The largest absolute Gasteiger partial charge is 0.375 e.